The molecule has 2 rings (SSSR count). The molecule has 4 nitrogen and oxygen atoms in total. The number of nitriles is 1. The highest BCUT2D eigenvalue weighted by molar-refractivity contribution is 6.04. The van der Waals surface area contributed by atoms with E-state index in [1.807, 2.05) is 56.3 Å². The number of hydrogen-bond acceptors (Lipinski definition) is 3. The summed E-state index contributed by atoms with van der Waals surface area (Å²) in [6.45, 7) is 3.71. The second-order valence-corrected chi connectivity index (χ2v) is 5.20. The van der Waals surface area contributed by atoms with E-state index in [-0.39, 0.29) is 17.5 Å². The maximum atomic E-state index is 12.0. The number of benzene rings is 2. The average molecular weight is 294 g/mol. The van der Waals surface area contributed by atoms with Gasteiger partial charge in [0, 0.05) is 11.4 Å². The highest BCUT2D eigenvalue weighted by Gasteiger charge is 2.11. The van der Waals surface area contributed by atoms with Gasteiger partial charge < -0.3 is 10.1 Å². The van der Waals surface area contributed by atoms with Gasteiger partial charge in [0.1, 0.15) is 17.4 Å². The smallest absolute Gasteiger partial charge is 0.262 e. The van der Waals surface area contributed by atoms with Crippen molar-refractivity contribution < 1.29 is 9.53 Å². The molecule has 2 aromatic carbocycles. The third kappa shape index (κ3) is 3.26. The van der Waals surface area contributed by atoms with Crippen molar-refractivity contribution in [1.29, 1.82) is 5.26 Å². The summed E-state index contributed by atoms with van der Waals surface area (Å²) in [6.07, 6.45) is 1.61. The zero-order valence-corrected chi connectivity index (χ0v) is 12.9. The fourth-order valence-electron chi connectivity index (χ4n) is 2.24. The lowest BCUT2D eigenvalue weighted by Crippen LogP contribution is -2.30. The molecule has 0 radical (unpaired) electrons. The van der Waals surface area contributed by atoms with Crippen molar-refractivity contribution in [3.05, 3.63) is 47.5 Å². The Balaban J connectivity index is 2.53. The lowest BCUT2D eigenvalue weighted by molar-refractivity contribution is -0.117. The summed E-state index contributed by atoms with van der Waals surface area (Å²) in [5.74, 6) is 0.398. The number of carbonyl (C=O) groups excluding carboxylic acids is 1. The fraction of sp³-hybridized carbons (Fsp3) is 0.222. The van der Waals surface area contributed by atoms with Crippen molar-refractivity contribution in [2.75, 3.05) is 7.11 Å². The van der Waals surface area contributed by atoms with Crippen LogP contribution in [0.3, 0.4) is 0 Å². The molecule has 0 saturated heterocycles. The largest absolute Gasteiger partial charge is 0.496 e. The molecule has 112 valence electrons. The Morgan fingerprint density at radius 2 is 1.91 bits per heavy atom. The molecular weight excluding hydrogens is 276 g/mol. The van der Waals surface area contributed by atoms with Gasteiger partial charge in [-0.15, -0.1) is 0 Å². The van der Waals surface area contributed by atoms with Crippen LogP contribution in [0.1, 0.15) is 19.4 Å². The molecule has 0 aliphatic rings. The molecule has 0 aliphatic carbocycles. The zero-order chi connectivity index (χ0) is 16.1. The molecule has 0 heterocycles. The van der Waals surface area contributed by atoms with Gasteiger partial charge in [-0.1, -0.05) is 30.3 Å². The van der Waals surface area contributed by atoms with E-state index in [2.05, 4.69) is 5.32 Å². The molecule has 2 aromatic rings. The lowest BCUT2D eigenvalue weighted by atomic mass is 10.0. The van der Waals surface area contributed by atoms with Gasteiger partial charge in [0.2, 0.25) is 0 Å². The molecule has 0 bridgehead atoms. The van der Waals surface area contributed by atoms with Crippen LogP contribution in [0.15, 0.2) is 42.0 Å². The van der Waals surface area contributed by atoms with Crippen molar-refractivity contribution in [1.82, 2.24) is 5.32 Å². The number of rotatable bonds is 4. The molecular formula is C18H18N2O2. The topological polar surface area (TPSA) is 62.1 Å². The molecule has 0 fully saturated rings. The minimum absolute atomic E-state index is 0.0168. The summed E-state index contributed by atoms with van der Waals surface area (Å²) in [7, 11) is 1.62. The number of fused-ring (bicyclic) bond motifs is 1. The average Bonchev–Trinajstić information content (AvgIpc) is 2.51. The van der Waals surface area contributed by atoms with Gasteiger partial charge in [-0.3, -0.25) is 4.79 Å². The molecule has 0 spiro atoms. The number of carbonyl (C=O) groups is 1. The van der Waals surface area contributed by atoms with E-state index in [1.54, 1.807) is 13.2 Å². The minimum Gasteiger partial charge on any atom is -0.496 e. The van der Waals surface area contributed by atoms with Crippen LogP contribution in [0.25, 0.3) is 16.8 Å². The zero-order valence-electron chi connectivity index (χ0n) is 12.9. The van der Waals surface area contributed by atoms with Crippen LogP contribution < -0.4 is 10.1 Å². The van der Waals surface area contributed by atoms with Crippen molar-refractivity contribution in [2.24, 2.45) is 0 Å². The molecule has 0 unspecified atom stereocenters. The molecule has 1 N–H and O–H groups in total. The molecule has 1 amide bonds. The number of methoxy groups -OCH3 is 1. The highest BCUT2D eigenvalue weighted by atomic mass is 16.5. The summed E-state index contributed by atoms with van der Waals surface area (Å²) in [4.78, 5) is 12.0. The Morgan fingerprint density at radius 3 is 2.50 bits per heavy atom. The summed E-state index contributed by atoms with van der Waals surface area (Å²) in [5.41, 5.74) is 0.899. The maximum Gasteiger partial charge on any atom is 0.262 e. The quantitative estimate of drug-likeness (QED) is 0.695. The van der Waals surface area contributed by atoms with E-state index in [0.717, 1.165) is 22.1 Å². The van der Waals surface area contributed by atoms with Gasteiger partial charge in [-0.2, -0.15) is 5.26 Å². The van der Waals surface area contributed by atoms with E-state index in [1.165, 1.54) is 0 Å². The number of amides is 1. The molecule has 0 aromatic heterocycles. The molecule has 4 heteroatoms. The van der Waals surface area contributed by atoms with Gasteiger partial charge in [0.05, 0.1) is 7.11 Å². The van der Waals surface area contributed by atoms with Crippen LogP contribution in [0.2, 0.25) is 0 Å². The molecule has 0 atom stereocenters. The van der Waals surface area contributed by atoms with Crippen LogP contribution in [-0.2, 0) is 4.79 Å². The Kier molecular flexibility index (Phi) is 4.80. The fourth-order valence-corrected chi connectivity index (χ4v) is 2.24. The third-order valence-electron chi connectivity index (χ3n) is 3.22. The van der Waals surface area contributed by atoms with Crippen molar-refractivity contribution in [3.8, 4) is 11.8 Å². The number of nitrogens with zero attached hydrogens (tertiary/aromatic N) is 1. The van der Waals surface area contributed by atoms with Gasteiger partial charge in [0.25, 0.3) is 5.91 Å². The van der Waals surface area contributed by atoms with Gasteiger partial charge in [-0.25, -0.2) is 0 Å². The van der Waals surface area contributed by atoms with E-state index in [9.17, 15) is 10.1 Å². The van der Waals surface area contributed by atoms with Crippen LogP contribution >= 0.6 is 0 Å². The Morgan fingerprint density at radius 1 is 1.23 bits per heavy atom. The minimum atomic E-state index is -0.364. The van der Waals surface area contributed by atoms with Crippen LogP contribution in [0.4, 0.5) is 0 Å². The third-order valence-corrected chi connectivity index (χ3v) is 3.22. The normalized spacial score (nSPS) is 11.3. The molecule has 0 saturated carbocycles. The number of hydrogen-bond donors (Lipinski definition) is 1. The first-order valence-electron chi connectivity index (χ1n) is 7.05. The van der Waals surface area contributed by atoms with Crippen LogP contribution in [0, 0.1) is 11.3 Å². The Bertz CT molecular complexity index is 770. The lowest BCUT2D eigenvalue weighted by Gasteiger charge is -2.09. The van der Waals surface area contributed by atoms with Crippen molar-refractivity contribution >= 4 is 22.8 Å². The van der Waals surface area contributed by atoms with E-state index in [4.69, 9.17) is 4.74 Å². The first-order chi connectivity index (χ1) is 10.6. The van der Waals surface area contributed by atoms with Gasteiger partial charge in [0.15, 0.2) is 0 Å². The van der Waals surface area contributed by atoms with Gasteiger partial charge in [-0.05, 0) is 36.9 Å². The predicted octanol–water partition coefficient (Wildman–Crippen LogP) is 3.28. The number of nitrogens with one attached hydrogen (secondary N) is 1. The molecule has 22 heavy (non-hydrogen) atoms. The predicted molar refractivity (Wildman–Crippen MR) is 87.4 cm³/mol. The summed E-state index contributed by atoms with van der Waals surface area (Å²) in [6, 6.07) is 13.4. The summed E-state index contributed by atoms with van der Waals surface area (Å²) in [5, 5.41) is 13.9. The van der Waals surface area contributed by atoms with E-state index < -0.39 is 0 Å². The van der Waals surface area contributed by atoms with Crippen LogP contribution in [-0.4, -0.2) is 19.1 Å². The van der Waals surface area contributed by atoms with Crippen molar-refractivity contribution in [2.45, 2.75) is 19.9 Å². The van der Waals surface area contributed by atoms with E-state index in [0.29, 0.717) is 0 Å². The molecule has 0 aliphatic heterocycles. The highest BCUT2D eigenvalue weighted by Crippen LogP contribution is 2.29. The van der Waals surface area contributed by atoms with Crippen LogP contribution in [0.5, 0.6) is 5.75 Å². The second-order valence-electron chi connectivity index (χ2n) is 5.20. The van der Waals surface area contributed by atoms with Crippen molar-refractivity contribution in [3.63, 3.8) is 0 Å². The Hall–Kier alpha value is -2.80. The maximum absolute atomic E-state index is 12.0. The monoisotopic (exact) mass is 294 g/mol. The van der Waals surface area contributed by atoms with Gasteiger partial charge >= 0.3 is 0 Å². The Labute approximate surface area is 130 Å². The second kappa shape index (κ2) is 6.77. The standard InChI is InChI=1S/C18H18N2O2/c1-12(2)20-18(21)14(11-19)10-13-8-9-17(22-3)16-7-5-4-6-15(13)16/h4-10,12H,1-3H3,(H,20,21)/b14-10-. The first kappa shape index (κ1) is 15.6. The number of ether oxygens (including phenoxy) is 1. The first-order valence-corrected chi connectivity index (χ1v) is 7.05. The van der Waals surface area contributed by atoms with E-state index >= 15 is 0 Å². The summed E-state index contributed by atoms with van der Waals surface area (Å²) >= 11 is 0. The summed E-state index contributed by atoms with van der Waals surface area (Å²) < 4.78 is 5.35. The SMILES string of the molecule is COc1ccc(/C=C(/C#N)C(=O)NC(C)C)c2ccccc12.